The van der Waals surface area contributed by atoms with E-state index < -0.39 is 0 Å². The summed E-state index contributed by atoms with van der Waals surface area (Å²) in [6, 6.07) is 10.0. The SMILES string of the molecule is Cc1cccc(CNCc2ccc(Br)cn2)n1. The lowest BCUT2D eigenvalue weighted by Gasteiger charge is -2.04. The molecule has 0 aliphatic heterocycles. The van der Waals surface area contributed by atoms with E-state index in [1.165, 1.54) is 0 Å². The van der Waals surface area contributed by atoms with Crippen LogP contribution in [-0.2, 0) is 13.1 Å². The number of hydrogen-bond donors (Lipinski definition) is 1. The van der Waals surface area contributed by atoms with E-state index in [0.29, 0.717) is 0 Å². The van der Waals surface area contributed by atoms with E-state index in [1.54, 1.807) is 0 Å². The summed E-state index contributed by atoms with van der Waals surface area (Å²) in [7, 11) is 0. The first kappa shape index (κ1) is 12.2. The maximum Gasteiger partial charge on any atom is 0.0544 e. The van der Waals surface area contributed by atoms with Crippen molar-refractivity contribution in [3.63, 3.8) is 0 Å². The fourth-order valence-electron chi connectivity index (χ4n) is 1.53. The van der Waals surface area contributed by atoms with E-state index in [-0.39, 0.29) is 0 Å². The molecular weight excluding hydrogens is 278 g/mol. The van der Waals surface area contributed by atoms with Crippen LogP contribution in [-0.4, -0.2) is 9.97 Å². The van der Waals surface area contributed by atoms with Crippen molar-refractivity contribution in [1.82, 2.24) is 15.3 Å². The lowest BCUT2D eigenvalue weighted by atomic mass is 10.3. The molecule has 2 aromatic heterocycles. The third kappa shape index (κ3) is 3.91. The second-order valence-electron chi connectivity index (χ2n) is 3.84. The monoisotopic (exact) mass is 291 g/mol. The van der Waals surface area contributed by atoms with Crippen molar-refractivity contribution in [1.29, 1.82) is 0 Å². The van der Waals surface area contributed by atoms with E-state index in [4.69, 9.17) is 0 Å². The van der Waals surface area contributed by atoms with E-state index >= 15 is 0 Å². The molecule has 4 heteroatoms. The molecule has 0 unspecified atom stereocenters. The van der Waals surface area contributed by atoms with Crippen molar-refractivity contribution < 1.29 is 0 Å². The molecule has 0 spiro atoms. The van der Waals surface area contributed by atoms with Gasteiger partial charge in [-0.3, -0.25) is 9.97 Å². The Morgan fingerprint density at radius 2 is 1.94 bits per heavy atom. The minimum Gasteiger partial charge on any atom is -0.306 e. The quantitative estimate of drug-likeness (QED) is 0.941. The lowest BCUT2D eigenvalue weighted by molar-refractivity contribution is 0.666. The van der Waals surface area contributed by atoms with Crippen molar-refractivity contribution in [2.24, 2.45) is 0 Å². The zero-order valence-electron chi connectivity index (χ0n) is 9.65. The van der Waals surface area contributed by atoms with Crippen LogP contribution in [0.2, 0.25) is 0 Å². The lowest BCUT2D eigenvalue weighted by Crippen LogP contribution is -2.14. The van der Waals surface area contributed by atoms with E-state index in [0.717, 1.165) is 34.6 Å². The first-order valence-electron chi connectivity index (χ1n) is 5.48. The Labute approximate surface area is 109 Å². The summed E-state index contributed by atoms with van der Waals surface area (Å²) in [5, 5.41) is 3.32. The number of nitrogens with one attached hydrogen (secondary N) is 1. The van der Waals surface area contributed by atoms with E-state index in [9.17, 15) is 0 Å². The summed E-state index contributed by atoms with van der Waals surface area (Å²) in [5.41, 5.74) is 3.13. The first-order valence-corrected chi connectivity index (χ1v) is 6.27. The number of aryl methyl sites for hydroxylation is 1. The molecule has 0 bridgehead atoms. The normalized spacial score (nSPS) is 10.5. The van der Waals surface area contributed by atoms with Crippen LogP contribution in [0.3, 0.4) is 0 Å². The minimum atomic E-state index is 0.753. The van der Waals surface area contributed by atoms with Crippen molar-refractivity contribution in [3.05, 3.63) is 58.1 Å². The van der Waals surface area contributed by atoms with Crippen molar-refractivity contribution >= 4 is 15.9 Å². The van der Waals surface area contributed by atoms with Crippen LogP contribution in [0.15, 0.2) is 41.0 Å². The smallest absolute Gasteiger partial charge is 0.0544 e. The highest BCUT2D eigenvalue weighted by molar-refractivity contribution is 9.10. The zero-order valence-corrected chi connectivity index (χ0v) is 11.2. The molecule has 2 aromatic rings. The zero-order chi connectivity index (χ0) is 12.1. The molecule has 0 saturated carbocycles. The molecule has 88 valence electrons. The van der Waals surface area contributed by atoms with Gasteiger partial charge in [0.1, 0.15) is 0 Å². The van der Waals surface area contributed by atoms with Gasteiger partial charge in [0, 0.05) is 29.5 Å². The van der Waals surface area contributed by atoms with Gasteiger partial charge >= 0.3 is 0 Å². The highest BCUT2D eigenvalue weighted by Gasteiger charge is 1.97. The average molecular weight is 292 g/mol. The van der Waals surface area contributed by atoms with Crippen molar-refractivity contribution in [2.75, 3.05) is 0 Å². The summed E-state index contributed by atoms with van der Waals surface area (Å²) in [6.45, 7) is 3.52. The molecule has 0 aliphatic carbocycles. The molecule has 1 N–H and O–H groups in total. The van der Waals surface area contributed by atoms with Crippen molar-refractivity contribution in [2.45, 2.75) is 20.0 Å². The van der Waals surface area contributed by atoms with E-state index in [2.05, 4.69) is 31.2 Å². The molecule has 0 saturated heterocycles. The molecule has 0 atom stereocenters. The first-order chi connectivity index (χ1) is 8.24. The summed E-state index contributed by atoms with van der Waals surface area (Å²) >= 11 is 3.37. The van der Waals surface area contributed by atoms with Gasteiger partial charge in [-0.2, -0.15) is 0 Å². The van der Waals surface area contributed by atoms with Gasteiger partial charge < -0.3 is 5.32 Å². The van der Waals surface area contributed by atoms with Crippen LogP contribution < -0.4 is 5.32 Å². The van der Waals surface area contributed by atoms with Crippen molar-refractivity contribution in [3.8, 4) is 0 Å². The minimum absolute atomic E-state index is 0.753. The maximum absolute atomic E-state index is 4.43. The molecule has 0 fully saturated rings. The molecule has 2 rings (SSSR count). The Balaban J connectivity index is 1.85. The molecule has 0 aromatic carbocycles. The number of halogens is 1. The topological polar surface area (TPSA) is 37.8 Å². The van der Waals surface area contributed by atoms with Gasteiger partial charge in [-0.05, 0) is 47.1 Å². The van der Waals surface area contributed by atoms with E-state index in [1.807, 2.05) is 43.5 Å². The number of rotatable bonds is 4. The summed E-state index contributed by atoms with van der Waals surface area (Å²) < 4.78 is 1.00. The number of pyridine rings is 2. The maximum atomic E-state index is 4.43. The fraction of sp³-hybridized carbons (Fsp3) is 0.231. The Morgan fingerprint density at radius 3 is 2.65 bits per heavy atom. The molecule has 17 heavy (non-hydrogen) atoms. The molecular formula is C13H14BrN3. The number of nitrogens with zero attached hydrogens (tertiary/aromatic N) is 2. The Kier molecular flexibility index (Phi) is 4.23. The van der Waals surface area contributed by atoms with Gasteiger partial charge in [0.05, 0.1) is 11.4 Å². The van der Waals surface area contributed by atoms with Gasteiger partial charge in [0.25, 0.3) is 0 Å². The standard InChI is InChI=1S/C13H14BrN3/c1-10-3-2-4-13(17-10)9-15-8-12-6-5-11(14)7-16-12/h2-7,15H,8-9H2,1H3. The van der Waals surface area contributed by atoms with Crippen LogP contribution in [0, 0.1) is 6.92 Å². The molecule has 2 heterocycles. The van der Waals surface area contributed by atoms with Crippen LogP contribution in [0.5, 0.6) is 0 Å². The van der Waals surface area contributed by atoms with Gasteiger partial charge in [-0.15, -0.1) is 0 Å². The molecule has 3 nitrogen and oxygen atoms in total. The Bertz CT molecular complexity index is 482. The van der Waals surface area contributed by atoms with Gasteiger partial charge in [-0.1, -0.05) is 6.07 Å². The highest BCUT2D eigenvalue weighted by atomic mass is 79.9. The Hall–Kier alpha value is -1.26. The number of aromatic nitrogens is 2. The Morgan fingerprint density at radius 1 is 1.12 bits per heavy atom. The van der Waals surface area contributed by atoms with Crippen LogP contribution in [0.1, 0.15) is 17.1 Å². The van der Waals surface area contributed by atoms with Crippen LogP contribution in [0.25, 0.3) is 0 Å². The predicted octanol–water partition coefficient (Wildman–Crippen LogP) is 2.84. The largest absolute Gasteiger partial charge is 0.306 e. The van der Waals surface area contributed by atoms with Crippen LogP contribution in [0.4, 0.5) is 0 Å². The fourth-order valence-corrected chi connectivity index (χ4v) is 1.76. The summed E-state index contributed by atoms with van der Waals surface area (Å²) in [4.78, 5) is 8.73. The summed E-state index contributed by atoms with van der Waals surface area (Å²) in [5.74, 6) is 0. The van der Waals surface area contributed by atoms with Crippen LogP contribution >= 0.6 is 15.9 Å². The van der Waals surface area contributed by atoms with Gasteiger partial charge in [-0.25, -0.2) is 0 Å². The average Bonchev–Trinajstić information content (AvgIpc) is 2.32. The third-order valence-corrected chi connectivity index (χ3v) is 2.82. The second kappa shape index (κ2) is 5.89. The molecule has 0 aliphatic rings. The number of hydrogen-bond acceptors (Lipinski definition) is 3. The molecule has 0 radical (unpaired) electrons. The highest BCUT2D eigenvalue weighted by Crippen LogP contribution is 2.07. The second-order valence-corrected chi connectivity index (χ2v) is 4.76. The van der Waals surface area contributed by atoms with Gasteiger partial charge in [0.2, 0.25) is 0 Å². The van der Waals surface area contributed by atoms with Gasteiger partial charge in [0.15, 0.2) is 0 Å². The molecule has 0 amide bonds. The summed E-state index contributed by atoms with van der Waals surface area (Å²) in [6.07, 6.45) is 1.81. The third-order valence-electron chi connectivity index (χ3n) is 2.35. The predicted molar refractivity (Wildman–Crippen MR) is 71.5 cm³/mol.